The number of nitrogens with zero attached hydrogens (tertiary/aromatic N) is 3. The molecule has 0 unspecified atom stereocenters. The van der Waals surface area contributed by atoms with Crippen molar-refractivity contribution in [2.45, 2.75) is 31.8 Å². The number of halogens is 1. The minimum Gasteiger partial charge on any atom is -0.483 e. The summed E-state index contributed by atoms with van der Waals surface area (Å²) in [6.07, 6.45) is 6.42. The molecule has 1 N–H and O–H groups in total. The van der Waals surface area contributed by atoms with Gasteiger partial charge in [-0.1, -0.05) is 23.7 Å². The van der Waals surface area contributed by atoms with Gasteiger partial charge in [0.25, 0.3) is 6.47 Å². The number of likely N-dealkylation sites (tertiary alicyclic amines) is 1. The van der Waals surface area contributed by atoms with Gasteiger partial charge in [-0.15, -0.1) is 0 Å². The standard InChI is InChI=1S/C20H24ClN3O.CH2O2/c1-23-13-2-3-19(23)20(25)24(15-17-8-11-22-12-9-17)14-10-16-4-6-18(21)7-5-16;2-1-3/h4-9,11-12,19H,2-3,10,13-15H2,1H3;1H,(H,2,3)/t19-;/m0./s1. The summed E-state index contributed by atoms with van der Waals surface area (Å²) in [5.74, 6) is 0.228. The lowest BCUT2D eigenvalue weighted by Crippen LogP contribution is -2.44. The molecule has 0 aliphatic carbocycles. The number of benzene rings is 1. The van der Waals surface area contributed by atoms with Crippen molar-refractivity contribution in [3.63, 3.8) is 0 Å². The molecular formula is C21H26ClN3O3. The summed E-state index contributed by atoms with van der Waals surface area (Å²) in [7, 11) is 2.04. The summed E-state index contributed by atoms with van der Waals surface area (Å²) < 4.78 is 0. The third-order valence-corrected chi connectivity index (χ3v) is 5.08. The van der Waals surface area contributed by atoms with E-state index in [1.165, 1.54) is 5.56 Å². The molecule has 28 heavy (non-hydrogen) atoms. The van der Waals surface area contributed by atoms with Crippen LogP contribution in [0.3, 0.4) is 0 Å². The van der Waals surface area contributed by atoms with Crippen LogP contribution >= 0.6 is 11.6 Å². The molecule has 1 aliphatic heterocycles. The third-order valence-electron chi connectivity index (χ3n) is 4.82. The monoisotopic (exact) mass is 403 g/mol. The lowest BCUT2D eigenvalue weighted by molar-refractivity contribution is -0.136. The maximum atomic E-state index is 13.1. The first kappa shape index (κ1) is 21.9. The first-order valence-electron chi connectivity index (χ1n) is 9.25. The van der Waals surface area contributed by atoms with Gasteiger partial charge in [0.15, 0.2) is 0 Å². The van der Waals surface area contributed by atoms with Crippen molar-refractivity contribution < 1.29 is 14.7 Å². The molecule has 2 aromatic rings. The molecule has 0 bridgehead atoms. The summed E-state index contributed by atoms with van der Waals surface area (Å²) in [4.78, 5) is 29.7. The molecule has 2 heterocycles. The van der Waals surface area contributed by atoms with E-state index in [-0.39, 0.29) is 18.4 Å². The van der Waals surface area contributed by atoms with Gasteiger partial charge in [-0.25, -0.2) is 0 Å². The van der Waals surface area contributed by atoms with Gasteiger partial charge in [-0.05, 0) is 68.2 Å². The number of aromatic nitrogens is 1. The van der Waals surface area contributed by atoms with Crippen LogP contribution in [-0.2, 0) is 22.6 Å². The van der Waals surface area contributed by atoms with Gasteiger partial charge in [0.1, 0.15) is 0 Å². The topological polar surface area (TPSA) is 73.7 Å². The van der Waals surface area contributed by atoms with E-state index in [2.05, 4.69) is 9.88 Å². The van der Waals surface area contributed by atoms with Crippen molar-refractivity contribution in [2.75, 3.05) is 20.1 Å². The number of carboxylic acid groups (broad SMARTS) is 1. The molecule has 1 fully saturated rings. The van der Waals surface area contributed by atoms with Crippen LogP contribution in [0, 0.1) is 0 Å². The summed E-state index contributed by atoms with van der Waals surface area (Å²) in [5, 5.41) is 7.63. The summed E-state index contributed by atoms with van der Waals surface area (Å²) in [6, 6.07) is 11.8. The first-order valence-corrected chi connectivity index (χ1v) is 9.63. The van der Waals surface area contributed by atoms with Crippen LogP contribution in [0.4, 0.5) is 0 Å². The summed E-state index contributed by atoms with van der Waals surface area (Å²) in [5.41, 5.74) is 2.30. The van der Waals surface area contributed by atoms with Gasteiger partial charge in [0.2, 0.25) is 5.91 Å². The predicted octanol–water partition coefficient (Wildman–Crippen LogP) is 3.10. The highest BCUT2D eigenvalue weighted by Gasteiger charge is 2.31. The Bertz CT molecular complexity index is 740. The second kappa shape index (κ2) is 11.4. The van der Waals surface area contributed by atoms with E-state index in [4.69, 9.17) is 21.5 Å². The second-order valence-electron chi connectivity index (χ2n) is 6.74. The van der Waals surface area contributed by atoms with Gasteiger partial charge in [0, 0.05) is 30.5 Å². The number of rotatable bonds is 6. The Balaban J connectivity index is 0.000000878. The molecule has 1 atom stereocenters. The average molecular weight is 404 g/mol. The van der Waals surface area contributed by atoms with Gasteiger partial charge >= 0.3 is 0 Å². The van der Waals surface area contributed by atoms with Crippen LogP contribution in [0.2, 0.25) is 5.02 Å². The SMILES string of the molecule is CN1CCC[C@H]1C(=O)N(CCc1ccc(Cl)cc1)Cc1ccncc1.O=CO. The van der Waals surface area contributed by atoms with Crippen LogP contribution in [0.15, 0.2) is 48.8 Å². The van der Waals surface area contributed by atoms with Crippen LogP contribution in [0.25, 0.3) is 0 Å². The molecule has 0 saturated carbocycles. The molecule has 1 aromatic carbocycles. The van der Waals surface area contributed by atoms with Crippen molar-refractivity contribution >= 4 is 24.0 Å². The fraction of sp³-hybridized carbons (Fsp3) is 0.381. The van der Waals surface area contributed by atoms with Crippen LogP contribution in [0.5, 0.6) is 0 Å². The molecule has 6 nitrogen and oxygen atoms in total. The van der Waals surface area contributed by atoms with E-state index in [0.717, 1.165) is 36.4 Å². The maximum absolute atomic E-state index is 13.1. The zero-order chi connectivity index (χ0) is 20.4. The third kappa shape index (κ3) is 6.62. The normalized spacial score (nSPS) is 16.1. The van der Waals surface area contributed by atoms with E-state index >= 15 is 0 Å². The molecular weight excluding hydrogens is 378 g/mol. The van der Waals surface area contributed by atoms with Gasteiger partial charge in [-0.3, -0.25) is 19.5 Å². The number of carbonyl (C=O) groups excluding carboxylic acids is 1. The van der Waals surface area contributed by atoms with E-state index in [9.17, 15) is 4.79 Å². The number of carbonyl (C=O) groups is 2. The molecule has 1 saturated heterocycles. The van der Waals surface area contributed by atoms with E-state index in [1.54, 1.807) is 12.4 Å². The highest BCUT2D eigenvalue weighted by atomic mass is 35.5. The Hall–Kier alpha value is -2.44. The highest BCUT2D eigenvalue weighted by Crippen LogP contribution is 2.19. The number of amides is 1. The number of hydrogen-bond donors (Lipinski definition) is 1. The van der Waals surface area contributed by atoms with Gasteiger partial charge < -0.3 is 10.0 Å². The Morgan fingerprint density at radius 3 is 2.46 bits per heavy atom. The van der Waals surface area contributed by atoms with Crippen LogP contribution in [0.1, 0.15) is 24.0 Å². The van der Waals surface area contributed by atoms with E-state index in [0.29, 0.717) is 13.1 Å². The first-order chi connectivity index (χ1) is 13.5. The fourth-order valence-corrected chi connectivity index (χ4v) is 3.45. The molecule has 1 aliphatic rings. The zero-order valence-corrected chi connectivity index (χ0v) is 16.8. The Labute approximate surface area is 170 Å². The zero-order valence-electron chi connectivity index (χ0n) is 16.0. The predicted molar refractivity (Wildman–Crippen MR) is 109 cm³/mol. The molecule has 7 heteroatoms. The molecule has 3 rings (SSSR count). The van der Waals surface area contributed by atoms with Crippen molar-refractivity contribution in [3.05, 3.63) is 64.9 Å². The van der Waals surface area contributed by atoms with Crippen molar-refractivity contribution in [2.24, 2.45) is 0 Å². The molecule has 1 amide bonds. The summed E-state index contributed by atoms with van der Waals surface area (Å²) >= 11 is 5.96. The minimum absolute atomic E-state index is 0.00653. The number of hydrogen-bond acceptors (Lipinski definition) is 4. The number of pyridine rings is 1. The minimum atomic E-state index is -0.250. The molecule has 0 radical (unpaired) electrons. The fourth-order valence-electron chi connectivity index (χ4n) is 3.32. The smallest absolute Gasteiger partial charge is 0.290 e. The lowest BCUT2D eigenvalue weighted by Gasteiger charge is -2.29. The van der Waals surface area contributed by atoms with E-state index in [1.807, 2.05) is 48.3 Å². The Morgan fingerprint density at radius 2 is 1.89 bits per heavy atom. The highest BCUT2D eigenvalue weighted by molar-refractivity contribution is 6.30. The Morgan fingerprint density at radius 1 is 1.25 bits per heavy atom. The second-order valence-corrected chi connectivity index (χ2v) is 7.17. The van der Waals surface area contributed by atoms with Crippen LogP contribution in [-0.4, -0.2) is 58.4 Å². The van der Waals surface area contributed by atoms with Crippen molar-refractivity contribution in [1.29, 1.82) is 0 Å². The quantitative estimate of drug-likeness (QED) is 0.750. The van der Waals surface area contributed by atoms with Crippen LogP contribution < -0.4 is 0 Å². The number of likely N-dealkylation sites (N-methyl/N-ethyl adjacent to an activating group) is 1. The van der Waals surface area contributed by atoms with E-state index < -0.39 is 0 Å². The average Bonchev–Trinajstić information content (AvgIpc) is 3.13. The molecule has 150 valence electrons. The van der Waals surface area contributed by atoms with Gasteiger partial charge in [0.05, 0.1) is 6.04 Å². The lowest BCUT2D eigenvalue weighted by atomic mass is 10.1. The Kier molecular flexibility index (Phi) is 8.91. The maximum Gasteiger partial charge on any atom is 0.290 e. The largest absolute Gasteiger partial charge is 0.483 e. The van der Waals surface area contributed by atoms with Crippen molar-refractivity contribution in [1.82, 2.24) is 14.8 Å². The molecule has 0 spiro atoms. The van der Waals surface area contributed by atoms with Gasteiger partial charge in [-0.2, -0.15) is 0 Å². The molecule has 1 aromatic heterocycles. The summed E-state index contributed by atoms with van der Waals surface area (Å²) in [6.45, 7) is 2.07. The van der Waals surface area contributed by atoms with Crippen molar-refractivity contribution in [3.8, 4) is 0 Å².